The summed E-state index contributed by atoms with van der Waals surface area (Å²) in [6.45, 7) is 3.78. The first-order valence-corrected chi connectivity index (χ1v) is 7.39. The van der Waals surface area contributed by atoms with Crippen molar-refractivity contribution in [3.8, 4) is 0 Å². The van der Waals surface area contributed by atoms with E-state index in [2.05, 4.69) is 5.32 Å². The van der Waals surface area contributed by atoms with Crippen molar-refractivity contribution in [3.05, 3.63) is 0 Å². The summed E-state index contributed by atoms with van der Waals surface area (Å²) in [5.41, 5.74) is -0.683. The third kappa shape index (κ3) is 2.15. The van der Waals surface area contributed by atoms with Gasteiger partial charge in [-0.3, -0.25) is 10.1 Å². The molecular weight excluding hydrogens is 244 g/mol. The first kappa shape index (κ1) is 12.3. The summed E-state index contributed by atoms with van der Waals surface area (Å²) < 4.78 is 23.0. The largest absolute Gasteiger partial charge is 0.324 e. The molecule has 17 heavy (non-hydrogen) atoms. The molecule has 0 radical (unpaired) electrons. The van der Waals surface area contributed by atoms with Crippen molar-refractivity contribution >= 4 is 21.8 Å². The molecule has 1 N–H and O–H groups in total. The van der Waals surface area contributed by atoms with Crippen molar-refractivity contribution < 1.29 is 18.0 Å². The minimum absolute atomic E-state index is 0.0195. The number of carbonyl (C=O) groups excluding carboxylic acids is 2. The maximum Gasteiger partial charge on any atom is 0.324 e. The molecular formula is C10H16N2O4S. The fourth-order valence-corrected chi connectivity index (χ4v) is 4.55. The fourth-order valence-electron chi connectivity index (χ4n) is 2.41. The Labute approximate surface area is 100 Å². The van der Waals surface area contributed by atoms with Crippen molar-refractivity contribution in [1.82, 2.24) is 10.2 Å². The van der Waals surface area contributed by atoms with Gasteiger partial charge < -0.3 is 4.90 Å². The summed E-state index contributed by atoms with van der Waals surface area (Å²) in [5.74, 6) is -0.507. The van der Waals surface area contributed by atoms with E-state index in [1.54, 1.807) is 13.8 Å². The highest BCUT2D eigenvalue weighted by molar-refractivity contribution is 7.91. The molecule has 2 unspecified atom stereocenters. The number of nitrogens with zero attached hydrogens (tertiary/aromatic N) is 1. The Morgan fingerprint density at radius 2 is 2.06 bits per heavy atom. The maximum atomic E-state index is 11.8. The van der Waals surface area contributed by atoms with Crippen LogP contribution in [0.4, 0.5) is 4.79 Å². The Morgan fingerprint density at radius 3 is 2.59 bits per heavy atom. The Kier molecular flexibility index (Phi) is 2.68. The molecule has 2 fully saturated rings. The average Bonchev–Trinajstić information content (AvgIpc) is 2.48. The smallest absolute Gasteiger partial charge is 0.317 e. The predicted molar refractivity (Wildman–Crippen MR) is 61.1 cm³/mol. The molecule has 0 bridgehead atoms. The van der Waals surface area contributed by atoms with E-state index < -0.39 is 21.4 Å². The molecule has 7 heteroatoms. The molecule has 0 aromatic rings. The molecule has 2 aliphatic rings. The van der Waals surface area contributed by atoms with Crippen molar-refractivity contribution in [3.63, 3.8) is 0 Å². The van der Waals surface area contributed by atoms with E-state index >= 15 is 0 Å². The summed E-state index contributed by atoms with van der Waals surface area (Å²) in [4.78, 5) is 24.6. The van der Waals surface area contributed by atoms with E-state index in [-0.39, 0.29) is 29.9 Å². The van der Waals surface area contributed by atoms with Gasteiger partial charge in [0.2, 0.25) is 5.91 Å². The van der Waals surface area contributed by atoms with Gasteiger partial charge in [0.15, 0.2) is 9.84 Å². The highest BCUT2D eigenvalue weighted by atomic mass is 32.2. The van der Waals surface area contributed by atoms with E-state index in [0.717, 1.165) is 0 Å². The van der Waals surface area contributed by atoms with Crippen LogP contribution in [0.25, 0.3) is 0 Å². The van der Waals surface area contributed by atoms with Gasteiger partial charge in [-0.05, 0) is 13.3 Å². The van der Waals surface area contributed by atoms with Gasteiger partial charge in [0, 0.05) is 6.54 Å². The maximum absolute atomic E-state index is 11.8. The van der Waals surface area contributed by atoms with Crippen LogP contribution in [0.15, 0.2) is 0 Å². The van der Waals surface area contributed by atoms with E-state index in [1.165, 1.54) is 4.90 Å². The highest BCUT2D eigenvalue weighted by Crippen LogP contribution is 2.31. The summed E-state index contributed by atoms with van der Waals surface area (Å²) in [7, 11) is -3.06. The molecule has 2 rings (SSSR count). The number of sulfone groups is 1. The van der Waals surface area contributed by atoms with Crippen molar-refractivity contribution in [2.45, 2.75) is 25.8 Å². The van der Waals surface area contributed by atoms with Gasteiger partial charge in [0.1, 0.15) is 0 Å². The van der Waals surface area contributed by atoms with Crippen molar-refractivity contribution in [2.24, 2.45) is 5.92 Å². The first-order valence-electron chi connectivity index (χ1n) is 5.56. The Hall–Kier alpha value is -1.11. The second-order valence-corrected chi connectivity index (χ2v) is 7.33. The summed E-state index contributed by atoms with van der Waals surface area (Å²) in [5, 5.41) is 2.26. The van der Waals surface area contributed by atoms with Gasteiger partial charge in [-0.1, -0.05) is 6.92 Å². The zero-order valence-corrected chi connectivity index (χ0v) is 10.7. The Balaban J connectivity index is 2.23. The molecule has 2 heterocycles. The number of carbonyl (C=O) groups is 2. The quantitative estimate of drug-likeness (QED) is 0.704. The van der Waals surface area contributed by atoms with Crippen LogP contribution in [-0.4, -0.2) is 48.8 Å². The zero-order valence-electron chi connectivity index (χ0n) is 9.89. The molecule has 96 valence electrons. The van der Waals surface area contributed by atoms with Gasteiger partial charge in [-0.25, -0.2) is 13.2 Å². The lowest BCUT2D eigenvalue weighted by Crippen LogP contribution is -2.62. The molecule has 6 nitrogen and oxygen atoms in total. The third-order valence-electron chi connectivity index (χ3n) is 3.51. The molecule has 0 aromatic carbocycles. The summed E-state index contributed by atoms with van der Waals surface area (Å²) >= 11 is 0. The van der Waals surface area contributed by atoms with Crippen LogP contribution >= 0.6 is 0 Å². The second-order valence-electron chi connectivity index (χ2n) is 5.15. The molecule has 2 atom stereocenters. The second kappa shape index (κ2) is 3.69. The van der Waals surface area contributed by atoms with Crippen LogP contribution < -0.4 is 5.32 Å². The van der Waals surface area contributed by atoms with Gasteiger partial charge >= 0.3 is 6.03 Å². The molecule has 0 saturated carbocycles. The van der Waals surface area contributed by atoms with Gasteiger partial charge in [0.05, 0.1) is 23.0 Å². The number of urea groups is 1. The monoisotopic (exact) mass is 260 g/mol. The predicted octanol–water partition coefficient (Wildman–Crippen LogP) is -0.249. The van der Waals surface area contributed by atoms with Crippen LogP contribution in [0.5, 0.6) is 0 Å². The normalized spacial score (nSPS) is 37.1. The summed E-state index contributed by atoms with van der Waals surface area (Å²) in [6.07, 6.45) is 0.434. The van der Waals surface area contributed by atoms with Gasteiger partial charge in [0.25, 0.3) is 0 Å². The molecule has 0 aromatic heterocycles. The zero-order chi connectivity index (χ0) is 12.8. The van der Waals surface area contributed by atoms with Crippen LogP contribution in [0.1, 0.15) is 20.3 Å². The van der Waals surface area contributed by atoms with E-state index in [1.807, 2.05) is 0 Å². The van der Waals surface area contributed by atoms with Crippen LogP contribution in [0.2, 0.25) is 0 Å². The SMILES string of the molecule is CC1CN(C2(C)CCS(=O)(=O)C2)C(=O)NC1=O. The van der Waals surface area contributed by atoms with Crippen LogP contribution in [0.3, 0.4) is 0 Å². The molecule has 2 aliphatic heterocycles. The number of nitrogens with one attached hydrogen (secondary N) is 1. The van der Waals surface area contributed by atoms with Gasteiger partial charge in [-0.2, -0.15) is 0 Å². The summed E-state index contributed by atoms with van der Waals surface area (Å²) in [6, 6.07) is -0.479. The highest BCUT2D eigenvalue weighted by Gasteiger charge is 2.47. The lowest BCUT2D eigenvalue weighted by Gasteiger charge is -2.41. The number of rotatable bonds is 1. The number of hydrogen-bond donors (Lipinski definition) is 1. The van der Waals surface area contributed by atoms with E-state index in [4.69, 9.17) is 0 Å². The Morgan fingerprint density at radius 1 is 1.41 bits per heavy atom. The Bertz CT molecular complexity index is 473. The first-order chi connectivity index (χ1) is 7.73. The fraction of sp³-hybridized carbons (Fsp3) is 0.800. The molecule has 3 amide bonds. The molecule has 2 saturated heterocycles. The number of hydrogen-bond acceptors (Lipinski definition) is 4. The molecule has 0 aliphatic carbocycles. The average molecular weight is 260 g/mol. The lowest BCUT2D eigenvalue weighted by atomic mass is 9.96. The standard InChI is InChI=1S/C10H16N2O4S/c1-7-5-12(9(14)11-8(7)13)10(2)3-4-17(15,16)6-10/h7H,3-6H2,1-2H3,(H,11,13,14). The van der Waals surface area contributed by atoms with Crippen molar-refractivity contribution in [1.29, 1.82) is 0 Å². The number of imide groups is 1. The van der Waals surface area contributed by atoms with Crippen LogP contribution in [0, 0.1) is 5.92 Å². The third-order valence-corrected chi connectivity index (χ3v) is 5.40. The minimum Gasteiger partial charge on any atom is -0.317 e. The lowest BCUT2D eigenvalue weighted by molar-refractivity contribution is -0.126. The topological polar surface area (TPSA) is 83.6 Å². The minimum atomic E-state index is -3.06. The number of amides is 3. The van der Waals surface area contributed by atoms with Gasteiger partial charge in [-0.15, -0.1) is 0 Å². The van der Waals surface area contributed by atoms with Crippen molar-refractivity contribution in [2.75, 3.05) is 18.1 Å². The van der Waals surface area contributed by atoms with Crippen LogP contribution in [-0.2, 0) is 14.6 Å². The van der Waals surface area contributed by atoms with E-state index in [0.29, 0.717) is 6.42 Å². The van der Waals surface area contributed by atoms with E-state index in [9.17, 15) is 18.0 Å². The molecule has 0 spiro atoms.